The lowest BCUT2D eigenvalue weighted by Gasteiger charge is -2.07. The molecule has 0 heterocycles. The van der Waals surface area contributed by atoms with Gasteiger partial charge in [-0.3, -0.25) is 0 Å². The van der Waals surface area contributed by atoms with Crippen LogP contribution in [-0.4, -0.2) is 7.11 Å². The molecule has 0 saturated heterocycles. The summed E-state index contributed by atoms with van der Waals surface area (Å²) >= 11 is 0. The highest BCUT2D eigenvalue weighted by atomic mass is 19.1. The van der Waals surface area contributed by atoms with Gasteiger partial charge in [0.25, 0.3) is 0 Å². The van der Waals surface area contributed by atoms with Gasteiger partial charge in [-0.15, -0.1) is 0 Å². The first-order chi connectivity index (χ1) is 6.74. The number of fused-ring (bicyclic) bond motifs is 1. The molecule has 0 atom stereocenters. The maximum Gasteiger partial charge on any atom is 0.133 e. The van der Waals surface area contributed by atoms with Crippen LogP contribution >= 0.6 is 0 Å². The summed E-state index contributed by atoms with van der Waals surface area (Å²) in [6.07, 6.45) is 0. The zero-order valence-corrected chi connectivity index (χ0v) is 7.75. The lowest BCUT2D eigenvalue weighted by molar-refractivity contribution is 0.419. The lowest BCUT2D eigenvalue weighted by Crippen LogP contribution is -1.92. The summed E-state index contributed by atoms with van der Waals surface area (Å²) < 4.78 is 18.5. The molecule has 72 valence electrons. The van der Waals surface area contributed by atoms with E-state index in [9.17, 15) is 4.39 Å². The SMILES string of the molecule is COc1ccc(N)c2c(F)cccc12. The fourth-order valence-electron chi connectivity index (χ4n) is 1.54. The Bertz CT molecular complexity index is 474. The minimum absolute atomic E-state index is 0.320. The Morgan fingerprint density at radius 3 is 2.71 bits per heavy atom. The van der Waals surface area contributed by atoms with Crippen LogP contribution in [0.2, 0.25) is 0 Å². The third-order valence-electron chi connectivity index (χ3n) is 2.20. The van der Waals surface area contributed by atoms with Crippen LogP contribution in [0.3, 0.4) is 0 Å². The molecule has 0 aliphatic rings. The number of hydrogen-bond donors (Lipinski definition) is 1. The summed E-state index contributed by atoms with van der Waals surface area (Å²) in [4.78, 5) is 0. The van der Waals surface area contributed by atoms with Crippen molar-refractivity contribution in [1.29, 1.82) is 0 Å². The van der Waals surface area contributed by atoms with E-state index in [1.807, 2.05) is 0 Å². The van der Waals surface area contributed by atoms with Gasteiger partial charge in [0, 0.05) is 16.5 Å². The van der Waals surface area contributed by atoms with Crippen molar-refractivity contribution in [3.05, 3.63) is 36.1 Å². The number of hydrogen-bond acceptors (Lipinski definition) is 2. The number of methoxy groups -OCH3 is 1. The summed E-state index contributed by atoms with van der Waals surface area (Å²) in [5, 5.41) is 1.12. The highest BCUT2D eigenvalue weighted by molar-refractivity contribution is 5.97. The molecule has 0 amide bonds. The van der Waals surface area contributed by atoms with E-state index >= 15 is 0 Å². The molecule has 0 aliphatic carbocycles. The van der Waals surface area contributed by atoms with Crippen molar-refractivity contribution in [2.45, 2.75) is 0 Å². The average Bonchev–Trinajstić information content (AvgIpc) is 2.18. The Morgan fingerprint density at radius 2 is 2.00 bits per heavy atom. The molecular formula is C11H10FNO. The summed E-state index contributed by atoms with van der Waals surface area (Å²) in [5.41, 5.74) is 6.11. The number of rotatable bonds is 1. The molecule has 2 N–H and O–H groups in total. The summed E-state index contributed by atoms with van der Waals surface area (Å²) in [6.45, 7) is 0. The van der Waals surface area contributed by atoms with Gasteiger partial charge >= 0.3 is 0 Å². The van der Waals surface area contributed by atoms with E-state index < -0.39 is 0 Å². The summed E-state index contributed by atoms with van der Waals surface area (Å²) in [7, 11) is 1.55. The quantitative estimate of drug-likeness (QED) is 0.703. The smallest absolute Gasteiger partial charge is 0.133 e. The van der Waals surface area contributed by atoms with E-state index in [2.05, 4.69) is 0 Å². The average molecular weight is 191 g/mol. The molecule has 0 bridgehead atoms. The highest BCUT2D eigenvalue weighted by Crippen LogP contribution is 2.31. The van der Waals surface area contributed by atoms with Gasteiger partial charge in [-0.1, -0.05) is 12.1 Å². The van der Waals surface area contributed by atoms with Crippen molar-refractivity contribution in [3.8, 4) is 5.75 Å². The number of nitrogen functional groups attached to an aromatic ring is 1. The Morgan fingerprint density at radius 1 is 1.21 bits per heavy atom. The molecule has 0 unspecified atom stereocenters. The number of ether oxygens (including phenoxy) is 1. The molecule has 2 nitrogen and oxygen atoms in total. The molecule has 3 heteroatoms. The number of anilines is 1. The first kappa shape index (κ1) is 8.81. The standard InChI is InChI=1S/C11H10FNO/c1-14-10-6-5-9(13)11-7(10)3-2-4-8(11)12/h2-6H,13H2,1H3. The van der Waals surface area contributed by atoms with Crippen LogP contribution in [0.1, 0.15) is 0 Å². The Labute approximate surface area is 81.1 Å². The van der Waals surface area contributed by atoms with Gasteiger partial charge in [0.15, 0.2) is 0 Å². The summed E-state index contributed by atoms with van der Waals surface area (Å²) in [6, 6.07) is 8.19. The molecule has 2 aromatic rings. The zero-order chi connectivity index (χ0) is 10.1. The molecule has 0 fully saturated rings. The molecular weight excluding hydrogens is 181 g/mol. The predicted octanol–water partition coefficient (Wildman–Crippen LogP) is 2.57. The molecule has 0 spiro atoms. The minimum atomic E-state index is -0.320. The van der Waals surface area contributed by atoms with E-state index in [-0.39, 0.29) is 5.82 Å². The van der Waals surface area contributed by atoms with Gasteiger partial charge in [0.1, 0.15) is 11.6 Å². The molecule has 2 aromatic carbocycles. The van der Waals surface area contributed by atoms with Gasteiger partial charge in [-0.25, -0.2) is 4.39 Å². The largest absolute Gasteiger partial charge is 0.496 e. The lowest BCUT2D eigenvalue weighted by atomic mass is 10.1. The third-order valence-corrected chi connectivity index (χ3v) is 2.20. The molecule has 0 saturated carbocycles. The van der Waals surface area contributed by atoms with Crippen molar-refractivity contribution < 1.29 is 9.13 Å². The van der Waals surface area contributed by atoms with Crippen LogP contribution in [0.5, 0.6) is 5.75 Å². The Kier molecular flexibility index (Phi) is 2.00. The molecule has 2 rings (SSSR count). The van der Waals surface area contributed by atoms with Crippen molar-refractivity contribution in [2.24, 2.45) is 0 Å². The van der Waals surface area contributed by atoms with Crippen molar-refractivity contribution in [1.82, 2.24) is 0 Å². The van der Waals surface area contributed by atoms with Gasteiger partial charge in [0.05, 0.1) is 7.11 Å². The van der Waals surface area contributed by atoms with Gasteiger partial charge in [-0.2, -0.15) is 0 Å². The van der Waals surface area contributed by atoms with Gasteiger partial charge < -0.3 is 10.5 Å². The van der Waals surface area contributed by atoms with Crippen LogP contribution in [0.4, 0.5) is 10.1 Å². The van der Waals surface area contributed by atoms with Crippen LogP contribution in [0.15, 0.2) is 30.3 Å². The Balaban J connectivity index is 2.91. The monoisotopic (exact) mass is 191 g/mol. The van der Waals surface area contributed by atoms with Crippen molar-refractivity contribution >= 4 is 16.5 Å². The van der Waals surface area contributed by atoms with E-state index in [4.69, 9.17) is 10.5 Å². The first-order valence-electron chi connectivity index (χ1n) is 4.24. The highest BCUT2D eigenvalue weighted by Gasteiger charge is 2.07. The number of nitrogens with two attached hydrogens (primary N) is 1. The van der Waals surface area contributed by atoms with E-state index in [1.165, 1.54) is 6.07 Å². The maximum absolute atomic E-state index is 13.4. The second kappa shape index (κ2) is 3.18. The Hall–Kier alpha value is -1.77. The fraction of sp³-hybridized carbons (Fsp3) is 0.0909. The van der Waals surface area contributed by atoms with E-state index in [0.717, 1.165) is 0 Å². The van der Waals surface area contributed by atoms with Crippen LogP contribution < -0.4 is 10.5 Å². The second-order valence-electron chi connectivity index (χ2n) is 3.02. The first-order valence-corrected chi connectivity index (χ1v) is 4.24. The van der Waals surface area contributed by atoms with Crippen LogP contribution in [0.25, 0.3) is 10.8 Å². The minimum Gasteiger partial charge on any atom is -0.496 e. The van der Waals surface area contributed by atoms with E-state index in [1.54, 1.807) is 31.4 Å². The topological polar surface area (TPSA) is 35.2 Å². The summed E-state index contributed by atoms with van der Waals surface area (Å²) in [5.74, 6) is 0.313. The van der Waals surface area contributed by atoms with Crippen molar-refractivity contribution in [2.75, 3.05) is 12.8 Å². The number of halogens is 1. The van der Waals surface area contributed by atoms with Gasteiger partial charge in [0.2, 0.25) is 0 Å². The fourth-order valence-corrected chi connectivity index (χ4v) is 1.54. The van der Waals surface area contributed by atoms with E-state index in [0.29, 0.717) is 22.2 Å². The van der Waals surface area contributed by atoms with Gasteiger partial charge in [-0.05, 0) is 18.2 Å². The van der Waals surface area contributed by atoms with Crippen molar-refractivity contribution in [3.63, 3.8) is 0 Å². The normalized spacial score (nSPS) is 10.4. The van der Waals surface area contributed by atoms with Crippen LogP contribution in [-0.2, 0) is 0 Å². The molecule has 0 aliphatic heterocycles. The van der Waals surface area contributed by atoms with Crippen LogP contribution in [0, 0.1) is 5.82 Å². The maximum atomic E-state index is 13.4. The zero-order valence-electron chi connectivity index (χ0n) is 7.75. The molecule has 0 aromatic heterocycles. The second-order valence-corrected chi connectivity index (χ2v) is 3.02. The number of benzene rings is 2. The molecule has 14 heavy (non-hydrogen) atoms. The third kappa shape index (κ3) is 1.18. The molecule has 0 radical (unpaired) electrons. The predicted molar refractivity (Wildman–Crippen MR) is 54.9 cm³/mol.